The molecule has 5 nitrogen and oxygen atoms in total. The first-order valence-electron chi connectivity index (χ1n) is 8.81. The Labute approximate surface area is 138 Å². The molecule has 0 bridgehead atoms. The minimum Gasteiger partial charge on any atom is -0.379 e. The van der Waals surface area contributed by atoms with E-state index in [-0.39, 0.29) is 0 Å². The van der Waals surface area contributed by atoms with Crippen molar-refractivity contribution >= 4 is 5.91 Å². The largest absolute Gasteiger partial charge is 0.379 e. The van der Waals surface area contributed by atoms with Crippen molar-refractivity contribution in [2.45, 2.75) is 38.1 Å². The number of ether oxygens (including phenoxy) is 1. The monoisotopic (exact) mass is 317 g/mol. The Balaban J connectivity index is 1.44. The molecule has 126 valence electrons. The zero-order valence-electron chi connectivity index (χ0n) is 13.8. The van der Waals surface area contributed by atoms with E-state index in [4.69, 9.17) is 4.74 Å². The quantitative estimate of drug-likeness (QED) is 0.801. The summed E-state index contributed by atoms with van der Waals surface area (Å²) in [4.78, 5) is 21.1. The van der Waals surface area contributed by atoms with Gasteiger partial charge >= 0.3 is 0 Å². The van der Waals surface area contributed by atoms with Crippen LogP contribution in [0.3, 0.4) is 0 Å². The molecule has 3 heterocycles. The third-order valence-electron chi connectivity index (χ3n) is 4.96. The molecule has 23 heavy (non-hydrogen) atoms. The van der Waals surface area contributed by atoms with Gasteiger partial charge < -0.3 is 9.64 Å². The van der Waals surface area contributed by atoms with Gasteiger partial charge in [-0.1, -0.05) is 0 Å². The predicted octanol–water partition coefficient (Wildman–Crippen LogP) is 1.73. The second-order valence-electron chi connectivity index (χ2n) is 6.48. The van der Waals surface area contributed by atoms with Gasteiger partial charge in [-0.05, 0) is 43.4 Å². The predicted molar refractivity (Wildman–Crippen MR) is 89.2 cm³/mol. The van der Waals surface area contributed by atoms with Gasteiger partial charge in [0, 0.05) is 51.0 Å². The lowest BCUT2D eigenvalue weighted by molar-refractivity contribution is -0.132. The van der Waals surface area contributed by atoms with Crippen LogP contribution in [0.15, 0.2) is 24.5 Å². The highest BCUT2D eigenvalue weighted by Gasteiger charge is 2.28. The number of carbonyl (C=O) groups excluding carboxylic acids is 1. The summed E-state index contributed by atoms with van der Waals surface area (Å²) in [5, 5.41) is 0. The summed E-state index contributed by atoms with van der Waals surface area (Å²) in [6.45, 7) is 5.31. The van der Waals surface area contributed by atoms with Gasteiger partial charge in [-0.15, -0.1) is 0 Å². The van der Waals surface area contributed by atoms with Crippen LogP contribution in [-0.2, 0) is 16.0 Å². The van der Waals surface area contributed by atoms with Gasteiger partial charge in [0.25, 0.3) is 0 Å². The molecule has 0 aromatic carbocycles. The Hall–Kier alpha value is -1.46. The van der Waals surface area contributed by atoms with E-state index in [1.54, 1.807) is 0 Å². The highest BCUT2D eigenvalue weighted by Crippen LogP contribution is 2.22. The Morgan fingerprint density at radius 2 is 2.00 bits per heavy atom. The Bertz CT molecular complexity index is 488. The number of morpholine rings is 1. The van der Waals surface area contributed by atoms with Crippen LogP contribution < -0.4 is 0 Å². The first kappa shape index (κ1) is 16.4. The first-order chi connectivity index (χ1) is 11.3. The summed E-state index contributed by atoms with van der Waals surface area (Å²) in [6.07, 6.45) is 8.71. The van der Waals surface area contributed by atoms with Crippen LogP contribution >= 0.6 is 0 Å². The van der Waals surface area contributed by atoms with Gasteiger partial charge in [0.15, 0.2) is 0 Å². The smallest absolute Gasteiger partial charge is 0.224 e. The number of likely N-dealkylation sites (tertiary alicyclic amines) is 1. The van der Waals surface area contributed by atoms with E-state index in [2.05, 4.69) is 26.9 Å². The van der Waals surface area contributed by atoms with Crippen molar-refractivity contribution in [3.05, 3.63) is 30.1 Å². The molecular formula is C18H27N3O2. The van der Waals surface area contributed by atoms with Gasteiger partial charge in [-0.3, -0.25) is 14.7 Å². The van der Waals surface area contributed by atoms with Crippen LogP contribution in [0, 0.1) is 0 Å². The fourth-order valence-corrected chi connectivity index (χ4v) is 3.57. The zero-order chi connectivity index (χ0) is 15.9. The van der Waals surface area contributed by atoms with E-state index in [0.717, 1.165) is 65.1 Å². The second kappa shape index (κ2) is 8.41. The van der Waals surface area contributed by atoms with Crippen molar-refractivity contribution in [3.63, 3.8) is 0 Å². The molecule has 2 fully saturated rings. The molecule has 0 spiro atoms. The number of carbonyl (C=O) groups is 1. The molecule has 0 saturated carbocycles. The van der Waals surface area contributed by atoms with Crippen molar-refractivity contribution in [1.29, 1.82) is 0 Å². The second-order valence-corrected chi connectivity index (χ2v) is 6.48. The minimum absolute atomic E-state index is 0.328. The number of rotatable bonds is 6. The Morgan fingerprint density at radius 3 is 2.78 bits per heavy atom. The average Bonchev–Trinajstić information content (AvgIpc) is 3.08. The molecule has 0 radical (unpaired) electrons. The molecule has 0 N–H and O–H groups in total. The van der Waals surface area contributed by atoms with Crippen LogP contribution in [0.2, 0.25) is 0 Å². The van der Waals surface area contributed by atoms with E-state index in [9.17, 15) is 4.79 Å². The molecule has 0 aliphatic carbocycles. The highest BCUT2D eigenvalue weighted by atomic mass is 16.5. The van der Waals surface area contributed by atoms with Crippen molar-refractivity contribution in [2.24, 2.45) is 0 Å². The van der Waals surface area contributed by atoms with E-state index >= 15 is 0 Å². The number of pyridine rings is 1. The average molecular weight is 317 g/mol. The fourth-order valence-electron chi connectivity index (χ4n) is 3.57. The SMILES string of the molecule is O=C(CCN1CCOCC1)N1CCC[C@H]1CCc1ccncc1. The molecule has 1 aromatic rings. The van der Waals surface area contributed by atoms with Crippen molar-refractivity contribution in [2.75, 3.05) is 39.4 Å². The number of aromatic nitrogens is 1. The maximum Gasteiger partial charge on any atom is 0.224 e. The summed E-state index contributed by atoms with van der Waals surface area (Å²) in [5.41, 5.74) is 1.31. The number of aryl methyl sites for hydroxylation is 1. The van der Waals surface area contributed by atoms with Crippen molar-refractivity contribution < 1.29 is 9.53 Å². The molecular weight excluding hydrogens is 290 g/mol. The van der Waals surface area contributed by atoms with Gasteiger partial charge in [0.05, 0.1) is 13.2 Å². The third kappa shape index (κ3) is 4.75. The zero-order valence-corrected chi connectivity index (χ0v) is 13.8. The summed E-state index contributed by atoms with van der Waals surface area (Å²) in [5.74, 6) is 0.328. The van der Waals surface area contributed by atoms with Crippen LogP contribution in [0.25, 0.3) is 0 Å². The Morgan fingerprint density at radius 1 is 1.22 bits per heavy atom. The summed E-state index contributed by atoms with van der Waals surface area (Å²) >= 11 is 0. The van der Waals surface area contributed by atoms with E-state index in [0.29, 0.717) is 18.4 Å². The molecule has 2 aliphatic heterocycles. The lowest BCUT2D eigenvalue weighted by Gasteiger charge is -2.29. The summed E-state index contributed by atoms with van der Waals surface area (Å²) < 4.78 is 5.36. The van der Waals surface area contributed by atoms with E-state index < -0.39 is 0 Å². The highest BCUT2D eigenvalue weighted by molar-refractivity contribution is 5.77. The maximum atomic E-state index is 12.6. The molecule has 1 aromatic heterocycles. The summed E-state index contributed by atoms with van der Waals surface area (Å²) in [7, 11) is 0. The maximum absolute atomic E-state index is 12.6. The van der Waals surface area contributed by atoms with Crippen LogP contribution in [0.4, 0.5) is 0 Å². The van der Waals surface area contributed by atoms with Gasteiger partial charge in [0.1, 0.15) is 0 Å². The molecule has 5 heteroatoms. The van der Waals surface area contributed by atoms with Gasteiger partial charge in [-0.2, -0.15) is 0 Å². The topological polar surface area (TPSA) is 45.7 Å². The third-order valence-corrected chi connectivity index (χ3v) is 4.96. The van der Waals surface area contributed by atoms with E-state index in [1.807, 2.05) is 12.4 Å². The van der Waals surface area contributed by atoms with Crippen LogP contribution in [0.5, 0.6) is 0 Å². The van der Waals surface area contributed by atoms with Crippen molar-refractivity contribution in [1.82, 2.24) is 14.8 Å². The van der Waals surface area contributed by atoms with E-state index in [1.165, 1.54) is 5.56 Å². The summed E-state index contributed by atoms with van der Waals surface area (Å²) in [6, 6.07) is 4.55. The molecule has 3 rings (SSSR count). The number of hydrogen-bond acceptors (Lipinski definition) is 4. The molecule has 1 atom stereocenters. The lowest BCUT2D eigenvalue weighted by atomic mass is 10.0. The Kier molecular flexibility index (Phi) is 6.00. The minimum atomic E-state index is 0.328. The van der Waals surface area contributed by atoms with Gasteiger partial charge in [-0.25, -0.2) is 0 Å². The number of hydrogen-bond donors (Lipinski definition) is 0. The van der Waals surface area contributed by atoms with Crippen molar-refractivity contribution in [3.8, 4) is 0 Å². The normalized spacial score (nSPS) is 22.4. The molecule has 0 unspecified atom stereocenters. The number of amides is 1. The number of nitrogens with zero attached hydrogens (tertiary/aromatic N) is 3. The molecule has 2 aliphatic rings. The lowest BCUT2D eigenvalue weighted by Crippen LogP contribution is -2.41. The van der Waals surface area contributed by atoms with Crippen LogP contribution in [-0.4, -0.2) is 66.1 Å². The van der Waals surface area contributed by atoms with Crippen LogP contribution in [0.1, 0.15) is 31.2 Å². The van der Waals surface area contributed by atoms with Gasteiger partial charge in [0.2, 0.25) is 5.91 Å². The molecule has 2 saturated heterocycles. The molecule has 1 amide bonds. The first-order valence-corrected chi connectivity index (χ1v) is 8.81. The fraction of sp³-hybridized carbons (Fsp3) is 0.667. The standard InChI is InChI=1S/C18H27N3O2/c22-18(7-11-20-12-14-23-15-13-20)21-10-1-2-17(21)4-3-16-5-8-19-9-6-16/h5-6,8-9,17H,1-4,7,10-15H2/t17-/m0/s1.